The SMILES string of the molecule is Cc1cc(Br)cc([N+](=O)[O-])c1Oc1ccc(F)cc1CO. The van der Waals surface area contributed by atoms with Gasteiger partial charge in [-0.1, -0.05) is 15.9 Å². The van der Waals surface area contributed by atoms with Crippen LogP contribution in [-0.4, -0.2) is 10.0 Å². The zero-order valence-corrected chi connectivity index (χ0v) is 12.6. The first-order valence-corrected chi connectivity index (χ1v) is 6.73. The van der Waals surface area contributed by atoms with Crippen LogP contribution in [0.4, 0.5) is 10.1 Å². The van der Waals surface area contributed by atoms with E-state index in [2.05, 4.69) is 15.9 Å². The molecule has 0 unspecified atom stereocenters. The third-order valence-corrected chi connectivity index (χ3v) is 3.28. The van der Waals surface area contributed by atoms with Gasteiger partial charge in [-0.25, -0.2) is 4.39 Å². The monoisotopic (exact) mass is 355 g/mol. The summed E-state index contributed by atoms with van der Waals surface area (Å²) in [7, 11) is 0. The fraction of sp³-hybridized carbons (Fsp3) is 0.143. The fourth-order valence-electron chi connectivity index (χ4n) is 1.86. The van der Waals surface area contributed by atoms with Crippen molar-refractivity contribution in [3.05, 3.63) is 61.9 Å². The molecule has 0 atom stereocenters. The summed E-state index contributed by atoms with van der Waals surface area (Å²) in [6, 6.07) is 6.60. The Kier molecular flexibility index (Phi) is 4.54. The van der Waals surface area contributed by atoms with Crippen LogP contribution in [0.3, 0.4) is 0 Å². The molecule has 0 heterocycles. The molecular formula is C14H11BrFNO4. The first-order chi connectivity index (χ1) is 9.92. The Balaban J connectivity index is 2.51. The number of aryl methyl sites for hydroxylation is 1. The summed E-state index contributed by atoms with van der Waals surface area (Å²) in [5.41, 5.74) is 0.547. The molecule has 0 amide bonds. The molecule has 0 fully saturated rings. The molecule has 21 heavy (non-hydrogen) atoms. The highest BCUT2D eigenvalue weighted by Crippen LogP contribution is 2.38. The van der Waals surface area contributed by atoms with E-state index in [9.17, 15) is 19.6 Å². The topological polar surface area (TPSA) is 72.6 Å². The Hall–Kier alpha value is -1.99. The fourth-order valence-corrected chi connectivity index (χ4v) is 2.42. The highest BCUT2D eigenvalue weighted by Gasteiger charge is 2.20. The molecule has 0 spiro atoms. The third kappa shape index (κ3) is 3.37. The van der Waals surface area contributed by atoms with Crippen molar-refractivity contribution in [2.75, 3.05) is 0 Å². The minimum absolute atomic E-state index is 0.0597. The van der Waals surface area contributed by atoms with E-state index in [4.69, 9.17) is 4.74 Å². The van der Waals surface area contributed by atoms with Gasteiger partial charge in [-0.2, -0.15) is 0 Å². The molecule has 0 saturated heterocycles. The van der Waals surface area contributed by atoms with Gasteiger partial charge in [0.15, 0.2) is 0 Å². The number of aliphatic hydroxyl groups excluding tert-OH is 1. The van der Waals surface area contributed by atoms with Crippen LogP contribution in [0.1, 0.15) is 11.1 Å². The number of halogens is 2. The lowest BCUT2D eigenvalue weighted by atomic mass is 10.1. The Bertz CT molecular complexity index is 706. The molecule has 0 aliphatic rings. The summed E-state index contributed by atoms with van der Waals surface area (Å²) in [4.78, 5) is 10.6. The molecule has 0 radical (unpaired) electrons. The second kappa shape index (κ2) is 6.19. The normalized spacial score (nSPS) is 10.5. The van der Waals surface area contributed by atoms with Crippen molar-refractivity contribution in [1.29, 1.82) is 0 Å². The van der Waals surface area contributed by atoms with Crippen molar-refractivity contribution < 1.29 is 19.2 Å². The lowest BCUT2D eigenvalue weighted by molar-refractivity contribution is -0.385. The van der Waals surface area contributed by atoms with Crippen molar-refractivity contribution in [2.24, 2.45) is 0 Å². The summed E-state index contributed by atoms with van der Waals surface area (Å²) in [5.74, 6) is -0.287. The average Bonchev–Trinajstić information content (AvgIpc) is 2.42. The van der Waals surface area contributed by atoms with Crippen LogP contribution in [0.2, 0.25) is 0 Å². The van der Waals surface area contributed by atoms with Gasteiger partial charge in [0.25, 0.3) is 0 Å². The molecule has 0 aliphatic heterocycles. The first-order valence-electron chi connectivity index (χ1n) is 5.94. The van der Waals surface area contributed by atoms with E-state index in [0.29, 0.717) is 10.0 Å². The van der Waals surface area contributed by atoms with Crippen molar-refractivity contribution in [1.82, 2.24) is 0 Å². The van der Waals surface area contributed by atoms with Gasteiger partial charge in [0, 0.05) is 16.1 Å². The highest BCUT2D eigenvalue weighted by atomic mass is 79.9. The number of ether oxygens (including phenoxy) is 1. The Morgan fingerprint density at radius 1 is 1.38 bits per heavy atom. The van der Waals surface area contributed by atoms with Gasteiger partial charge in [-0.3, -0.25) is 10.1 Å². The molecule has 7 heteroatoms. The third-order valence-electron chi connectivity index (χ3n) is 2.82. The maximum atomic E-state index is 13.1. The molecule has 2 aromatic carbocycles. The van der Waals surface area contributed by atoms with Crippen LogP contribution in [0.15, 0.2) is 34.8 Å². The van der Waals surface area contributed by atoms with E-state index in [0.717, 1.165) is 12.1 Å². The molecular weight excluding hydrogens is 345 g/mol. The molecule has 2 aromatic rings. The first kappa shape index (κ1) is 15.4. The number of nitrogens with zero attached hydrogens (tertiary/aromatic N) is 1. The van der Waals surface area contributed by atoms with E-state index in [1.165, 1.54) is 12.1 Å². The smallest absolute Gasteiger partial charge is 0.312 e. The average molecular weight is 356 g/mol. The van der Waals surface area contributed by atoms with Gasteiger partial charge in [0.2, 0.25) is 5.75 Å². The summed E-state index contributed by atoms with van der Waals surface area (Å²) in [6.45, 7) is 1.23. The lowest BCUT2D eigenvalue weighted by Crippen LogP contribution is -1.98. The van der Waals surface area contributed by atoms with Crippen molar-refractivity contribution >= 4 is 21.6 Å². The van der Waals surface area contributed by atoms with Gasteiger partial charge in [0.1, 0.15) is 11.6 Å². The van der Waals surface area contributed by atoms with Crippen LogP contribution < -0.4 is 4.74 Å². The number of rotatable bonds is 4. The van der Waals surface area contributed by atoms with Crippen molar-refractivity contribution in [3.63, 3.8) is 0 Å². The predicted molar refractivity (Wildman–Crippen MR) is 77.9 cm³/mol. The van der Waals surface area contributed by atoms with Crippen LogP contribution in [0.5, 0.6) is 11.5 Å². The van der Waals surface area contributed by atoms with Gasteiger partial charge in [0.05, 0.1) is 11.5 Å². The summed E-state index contributed by atoms with van der Waals surface area (Å²) in [6.07, 6.45) is 0. The zero-order valence-electron chi connectivity index (χ0n) is 11.0. The van der Waals surface area contributed by atoms with E-state index < -0.39 is 17.3 Å². The van der Waals surface area contributed by atoms with Crippen LogP contribution in [-0.2, 0) is 6.61 Å². The largest absolute Gasteiger partial charge is 0.449 e. The lowest BCUT2D eigenvalue weighted by Gasteiger charge is -2.12. The Labute approximate surface area is 128 Å². The van der Waals surface area contributed by atoms with Crippen LogP contribution in [0, 0.1) is 22.9 Å². The highest BCUT2D eigenvalue weighted by molar-refractivity contribution is 9.10. The molecule has 5 nitrogen and oxygen atoms in total. The van der Waals surface area contributed by atoms with Gasteiger partial charge in [-0.05, 0) is 36.8 Å². The minimum Gasteiger partial charge on any atom is -0.449 e. The van der Waals surface area contributed by atoms with Crippen LogP contribution in [0.25, 0.3) is 0 Å². The molecule has 110 valence electrons. The minimum atomic E-state index is -0.560. The van der Waals surface area contributed by atoms with E-state index in [1.807, 2.05) is 0 Å². The quantitative estimate of drug-likeness (QED) is 0.662. The van der Waals surface area contributed by atoms with Crippen LogP contribution >= 0.6 is 15.9 Å². The van der Waals surface area contributed by atoms with Gasteiger partial charge >= 0.3 is 5.69 Å². The Morgan fingerprint density at radius 2 is 2.10 bits per heavy atom. The number of nitro groups is 1. The summed E-state index contributed by atoms with van der Waals surface area (Å²) >= 11 is 3.19. The number of nitro benzene ring substituents is 1. The maximum Gasteiger partial charge on any atom is 0.312 e. The van der Waals surface area contributed by atoms with E-state index in [-0.39, 0.29) is 22.7 Å². The molecule has 0 bridgehead atoms. The van der Waals surface area contributed by atoms with Gasteiger partial charge in [-0.15, -0.1) is 0 Å². The van der Waals surface area contributed by atoms with E-state index >= 15 is 0 Å². The second-order valence-electron chi connectivity index (χ2n) is 4.34. The van der Waals surface area contributed by atoms with Gasteiger partial charge < -0.3 is 9.84 Å². The molecule has 0 aliphatic carbocycles. The molecule has 2 rings (SSSR count). The number of aliphatic hydroxyl groups is 1. The van der Waals surface area contributed by atoms with Crippen molar-refractivity contribution in [3.8, 4) is 11.5 Å². The standard InChI is InChI=1S/C14H11BrFNO4/c1-8-4-10(15)6-12(17(19)20)14(8)21-13-3-2-11(16)5-9(13)7-18/h2-6,18H,7H2,1H3. The number of hydrogen-bond acceptors (Lipinski definition) is 4. The molecule has 0 aromatic heterocycles. The Morgan fingerprint density at radius 3 is 2.71 bits per heavy atom. The predicted octanol–water partition coefficient (Wildman–Crippen LogP) is 4.09. The summed E-state index contributed by atoms with van der Waals surface area (Å²) < 4.78 is 19.2. The second-order valence-corrected chi connectivity index (χ2v) is 5.26. The number of hydrogen-bond donors (Lipinski definition) is 1. The summed E-state index contributed by atoms with van der Waals surface area (Å²) in [5, 5.41) is 20.3. The van der Waals surface area contributed by atoms with E-state index in [1.54, 1.807) is 13.0 Å². The maximum absolute atomic E-state index is 13.1. The molecule has 0 saturated carbocycles. The number of benzene rings is 2. The zero-order chi connectivity index (χ0) is 15.6. The van der Waals surface area contributed by atoms with Crippen molar-refractivity contribution in [2.45, 2.75) is 13.5 Å². The molecule has 1 N–H and O–H groups in total.